The van der Waals surface area contributed by atoms with Crippen LogP contribution >= 0.6 is 11.3 Å². The second-order valence-corrected chi connectivity index (χ2v) is 5.93. The van der Waals surface area contributed by atoms with E-state index in [0.29, 0.717) is 0 Å². The maximum absolute atomic E-state index is 5.67. The van der Waals surface area contributed by atoms with Gasteiger partial charge in [-0.1, -0.05) is 51.9 Å². The lowest BCUT2D eigenvalue weighted by Crippen LogP contribution is -2.27. The van der Waals surface area contributed by atoms with Crippen LogP contribution in [0.5, 0.6) is 5.75 Å². The van der Waals surface area contributed by atoms with Gasteiger partial charge in [-0.15, -0.1) is 11.3 Å². The van der Waals surface area contributed by atoms with Gasteiger partial charge in [0.1, 0.15) is 5.75 Å². The van der Waals surface area contributed by atoms with Crippen LogP contribution in [0.4, 0.5) is 0 Å². The van der Waals surface area contributed by atoms with Crippen LogP contribution < -0.4 is 16.0 Å². The molecule has 0 spiro atoms. The molecule has 0 aliphatic rings. The summed E-state index contributed by atoms with van der Waals surface area (Å²) in [6.45, 7) is 2.26. The van der Waals surface area contributed by atoms with E-state index in [2.05, 4.69) is 17.7 Å². The summed E-state index contributed by atoms with van der Waals surface area (Å²) in [7, 11) is 1.72. The highest BCUT2D eigenvalue weighted by Crippen LogP contribution is 2.33. The second-order valence-electron chi connectivity index (χ2n) is 4.98. The molecule has 1 aromatic heterocycles. The van der Waals surface area contributed by atoms with Crippen molar-refractivity contribution in [2.24, 2.45) is 5.84 Å². The molecule has 0 amide bonds. The van der Waals surface area contributed by atoms with Gasteiger partial charge in [-0.25, -0.2) is 0 Å². The van der Waals surface area contributed by atoms with Crippen LogP contribution in [0, 0.1) is 0 Å². The molecule has 0 radical (unpaired) electrons. The Morgan fingerprint density at radius 2 is 1.89 bits per heavy atom. The number of nitrogens with two attached hydrogens (primary N) is 1. The maximum atomic E-state index is 5.67. The highest BCUT2D eigenvalue weighted by atomic mass is 32.1. The molecule has 110 valence electrons. The van der Waals surface area contributed by atoms with Gasteiger partial charge in [0, 0.05) is 0 Å². The molecule has 4 heteroatoms. The van der Waals surface area contributed by atoms with Crippen LogP contribution in [-0.4, -0.2) is 7.11 Å². The average Bonchev–Trinajstić information content (AvgIpc) is 2.90. The van der Waals surface area contributed by atoms with Gasteiger partial charge >= 0.3 is 0 Å². The van der Waals surface area contributed by atoms with Gasteiger partial charge in [0.15, 0.2) is 0 Å². The van der Waals surface area contributed by atoms with Crippen molar-refractivity contribution in [3.8, 4) is 5.75 Å². The zero-order chi connectivity index (χ0) is 13.9. The first-order valence-corrected chi connectivity index (χ1v) is 8.29. The van der Waals surface area contributed by atoms with Crippen LogP contribution in [-0.2, 0) is 0 Å². The smallest absolute Gasteiger partial charge is 0.134 e. The summed E-state index contributed by atoms with van der Waals surface area (Å²) in [5.74, 6) is 6.62. The number of unbranched alkanes of at least 4 members (excludes halogenated alkanes) is 6. The predicted molar refractivity (Wildman–Crippen MR) is 83.5 cm³/mol. The molecule has 0 aliphatic carbocycles. The van der Waals surface area contributed by atoms with E-state index in [4.69, 9.17) is 10.6 Å². The van der Waals surface area contributed by atoms with E-state index in [-0.39, 0.29) is 6.04 Å². The Bertz CT molecular complexity index is 328. The molecule has 19 heavy (non-hydrogen) atoms. The standard InChI is InChI=1S/C15H28N2OS/c1-3-4-5-6-7-8-9-10-13(17-16)15-14(18-2)11-12-19-15/h11-13,17H,3-10,16H2,1-2H3. The van der Waals surface area contributed by atoms with Crippen LogP contribution in [0.2, 0.25) is 0 Å². The molecule has 1 unspecified atom stereocenters. The Hall–Kier alpha value is -0.580. The van der Waals surface area contributed by atoms with Gasteiger partial charge in [-0.2, -0.15) is 0 Å². The normalized spacial score (nSPS) is 12.6. The van der Waals surface area contributed by atoms with Crippen molar-refractivity contribution >= 4 is 11.3 Å². The lowest BCUT2D eigenvalue weighted by atomic mass is 10.0. The van der Waals surface area contributed by atoms with Crippen molar-refractivity contribution < 1.29 is 4.74 Å². The van der Waals surface area contributed by atoms with E-state index in [1.165, 1.54) is 49.8 Å². The maximum Gasteiger partial charge on any atom is 0.134 e. The van der Waals surface area contributed by atoms with E-state index < -0.39 is 0 Å². The minimum Gasteiger partial charge on any atom is -0.496 e. The van der Waals surface area contributed by atoms with Crippen LogP contribution in [0.15, 0.2) is 11.4 Å². The van der Waals surface area contributed by atoms with Gasteiger partial charge in [0.2, 0.25) is 0 Å². The molecule has 1 heterocycles. The topological polar surface area (TPSA) is 47.3 Å². The summed E-state index contributed by atoms with van der Waals surface area (Å²) in [5, 5.41) is 2.06. The minimum atomic E-state index is 0.227. The lowest BCUT2D eigenvalue weighted by Gasteiger charge is -2.15. The number of rotatable bonds is 11. The third kappa shape index (κ3) is 5.93. The highest BCUT2D eigenvalue weighted by molar-refractivity contribution is 7.10. The van der Waals surface area contributed by atoms with Gasteiger partial charge in [0.05, 0.1) is 18.0 Å². The largest absolute Gasteiger partial charge is 0.496 e. The number of nitrogens with one attached hydrogen (secondary N) is 1. The number of methoxy groups -OCH3 is 1. The number of hydrogen-bond donors (Lipinski definition) is 2. The number of hydrogen-bond acceptors (Lipinski definition) is 4. The van der Waals surface area contributed by atoms with Crippen molar-refractivity contribution in [3.63, 3.8) is 0 Å². The molecule has 1 atom stereocenters. The van der Waals surface area contributed by atoms with Gasteiger partial charge < -0.3 is 4.74 Å². The quantitative estimate of drug-likeness (QED) is 0.359. The molecule has 0 saturated heterocycles. The molecular weight excluding hydrogens is 256 g/mol. The lowest BCUT2D eigenvalue weighted by molar-refractivity contribution is 0.397. The minimum absolute atomic E-state index is 0.227. The molecule has 3 nitrogen and oxygen atoms in total. The fraction of sp³-hybridized carbons (Fsp3) is 0.733. The summed E-state index contributed by atoms with van der Waals surface area (Å²) in [6, 6.07) is 2.24. The van der Waals surface area contributed by atoms with Crippen molar-refractivity contribution in [3.05, 3.63) is 16.3 Å². The molecule has 1 rings (SSSR count). The van der Waals surface area contributed by atoms with Gasteiger partial charge in [0.25, 0.3) is 0 Å². The first-order chi connectivity index (χ1) is 9.33. The van der Waals surface area contributed by atoms with E-state index in [1.807, 2.05) is 6.07 Å². The Kier molecular flexibility index (Phi) is 8.88. The fourth-order valence-electron chi connectivity index (χ4n) is 2.33. The summed E-state index contributed by atoms with van der Waals surface area (Å²) < 4.78 is 5.35. The Balaban J connectivity index is 2.22. The second kappa shape index (κ2) is 10.2. The Morgan fingerprint density at radius 3 is 2.53 bits per heavy atom. The van der Waals surface area contributed by atoms with E-state index in [9.17, 15) is 0 Å². The third-order valence-electron chi connectivity index (χ3n) is 3.49. The SMILES string of the molecule is CCCCCCCCCC(NN)c1sccc1OC. The van der Waals surface area contributed by atoms with E-state index >= 15 is 0 Å². The van der Waals surface area contributed by atoms with Gasteiger partial charge in [-0.3, -0.25) is 11.3 Å². The third-order valence-corrected chi connectivity index (χ3v) is 4.50. The first kappa shape index (κ1) is 16.5. The molecular formula is C15H28N2OS. The monoisotopic (exact) mass is 284 g/mol. The van der Waals surface area contributed by atoms with Crippen molar-refractivity contribution in [1.29, 1.82) is 0 Å². The molecule has 0 fully saturated rings. The average molecular weight is 284 g/mol. The zero-order valence-electron chi connectivity index (χ0n) is 12.3. The Morgan fingerprint density at radius 1 is 1.21 bits per heavy atom. The molecule has 1 aromatic rings. The Labute approximate surface area is 121 Å². The molecule has 0 saturated carbocycles. The van der Waals surface area contributed by atoms with Crippen LogP contribution in [0.25, 0.3) is 0 Å². The summed E-state index contributed by atoms with van der Waals surface area (Å²) >= 11 is 1.71. The number of ether oxygens (including phenoxy) is 1. The molecule has 0 bridgehead atoms. The van der Waals surface area contributed by atoms with Crippen molar-refractivity contribution in [1.82, 2.24) is 5.43 Å². The first-order valence-electron chi connectivity index (χ1n) is 7.41. The van der Waals surface area contributed by atoms with Crippen LogP contribution in [0.1, 0.15) is 69.2 Å². The molecule has 0 aromatic carbocycles. The summed E-state index contributed by atoms with van der Waals surface area (Å²) in [6.07, 6.45) is 10.4. The summed E-state index contributed by atoms with van der Waals surface area (Å²) in [4.78, 5) is 1.22. The van der Waals surface area contributed by atoms with Crippen molar-refractivity contribution in [2.75, 3.05) is 7.11 Å². The van der Waals surface area contributed by atoms with Crippen molar-refractivity contribution in [2.45, 2.75) is 64.3 Å². The zero-order valence-corrected chi connectivity index (χ0v) is 13.1. The fourth-order valence-corrected chi connectivity index (χ4v) is 3.28. The molecule has 3 N–H and O–H groups in total. The van der Waals surface area contributed by atoms with Crippen LogP contribution in [0.3, 0.4) is 0 Å². The predicted octanol–water partition coefficient (Wildman–Crippen LogP) is 4.40. The molecule has 0 aliphatic heterocycles. The highest BCUT2D eigenvalue weighted by Gasteiger charge is 2.15. The van der Waals surface area contributed by atoms with E-state index in [1.54, 1.807) is 18.4 Å². The number of thiophene rings is 1. The van der Waals surface area contributed by atoms with Gasteiger partial charge in [-0.05, 0) is 17.9 Å². The number of hydrazine groups is 1. The van der Waals surface area contributed by atoms with E-state index in [0.717, 1.165) is 12.2 Å². The summed E-state index contributed by atoms with van der Waals surface area (Å²) in [5.41, 5.74) is 2.92.